The number of rotatable bonds is 6. The molecule has 1 rings (SSSR count). The number of carbonyl (C=O) groups is 1. The van der Waals surface area contributed by atoms with E-state index in [1.807, 2.05) is 20.8 Å². The fourth-order valence-corrected chi connectivity index (χ4v) is 2.62. The second-order valence-electron chi connectivity index (χ2n) is 4.28. The number of nitro groups is 1. The van der Waals surface area contributed by atoms with Crippen LogP contribution in [0.3, 0.4) is 0 Å². The Balaban J connectivity index is 3.07. The van der Waals surface area contributed by atoms with Gasteiger partial charge in [-0.1, -0.05) is 13.8 Å². The van der Waals surface area contributed by atoms with E-state index in [1.54, 1.807) is 9.47 Å². The minimum absolute atomic E-state index is 0.00377. The molecule has 0 radical (unpaired) electrons. The van der Waals surface area contributed by atoms with Crippen molar-refractivity contribution in [2.24, 2.45) is 4.99 Å². The second kappa shape index (κ2) is 7.78. The monoisotopic (exact) mass is 300 g/mol. The van der Waals surface area contributed by atoms with Crippen molar-refractivity contribution in [3.63, 3.8) is 0 Å². The molecule has 0 aliphatic carbocycles. The lowest BCUT2D eigenvalue weighted by atomic mass is 10.4. The average Bonchev–Trinajstić information content (AvgIpc) is 2.81. The predicted octanol–water partition coefficient (Wildman–Crippen LogP) is 2.62. The van der Waals surface area contributed by atoms with Crippen molar-refractivity contribution in [1.29, 1.82) is 0 Å². The third-order valence-corrected chi connectivity index (χ3v) is 3.65. The molecular formula is C12H20N4O3S. The van der Waals surface area contributed by atoms with Crippen LogP contribution in [0.1, 0.15) is 33.6 Å². The smallest absolute Gasteiger partial charge is 0.323 e. The molecule has 0 aliphatic heterocycles. The van der Waals surface area contributed by atoms with Gasteiger partial charge < -0.3 is 9.47 Å². The first-order chi connectivity index (χ1) is 9.53. The Morgan fingerprint density at radius 2 is 2.00 bits per heavy atom. The third-order valence-electron chi connectivity index (χ3n) is 2.68. The Bertz CT molecular complexity index is 529. The number of urea groups is 1. The highest BCUT2D eigenvalue weighted by Crippen LogP contribution is 2.14. The van der Waals surface area contributed by atoms with Gasteiger partial charge in [0.1, 0.15) is 0 Å². The van der Waals surface area contributed by atoms with Crippen molar-refractivity contribution in [2.45, 2.75) is 40.2 Å². The van der Waals surface area contributed by atoms with Crippen molar-refractivity contribution in [2.75, 3.05) is 13.1 Å². The zero-order chi connectivity index (χ0) is 15.1. The first kappa shape index (κ1) is 16.4. The fourth-order valence-electron chi connectivity index (χ4n) is 1.76. The van der Waals surface area contributed by atoms with Crippen LogP contribution in [0, 0.1) is 10.1 Å². The lowest BCUT2D eigenvalue weighted by Crippen LogP contribution is -2.32. The highest BCUT2D eigenvalue weighted by molar-refractivity contribution is 7.12. The van der Waals surface area contributed by atoms with Gasteiger partial charge in [0.05, 0.1) is 11.1 Å². The topological polar surface area (TPSA) is 80.7 Å². The van der Waals surface area contributed by atoms with Crippen LogP contribution in [0.25, 0.3) is 0 Å². The quantitative estimate of drug-likeness (QED) is 0.598. The largest absolute Gasteiger partial charge is 0.346 e. The number of hydrogen-bond donors (Lipinski definition) is 0. The van der Waals surface area contributed by atoms with Crippen LogP contribution in [0.15, 0.2) is 11.2 Å². The maximum atomic E-state index is 12.1. The summed E-state index contributed by atoms with van der Waals surface area (Å²) in [5.41, 5.74) is 0. The highest BCUT2D eigenvalue weighted by atomic mass is 32.1. The second-order valence-corrected chi connectivity index (χ2v) is 5.26. The molecule has 0 bridgehead atoms. The molecule has 0 spiro atoms. The van der Waals surface area contributed by atoms with Crippen molar-refractivity contribution in [3.8, 4) is 0 Å². The molecule has 0 atom stereocenters. The molecule has 0 N–H and O–H groups in total. The van der Waals surface area contributed by atoms with E-state index < -0.39 is 4.92 Å². The van der Waals surface area contributed by atoms with Crippen LogP contribution in [0.4, 0.5) is 9.80 Å². The van der Waals surface area contributed by atoms with E-state index in [2.05, 4.69) is 4.99 Å². The molecule has 1 aromatic rings. The number of aromatic nitrogens is 1. The van der Waals surface area contributed by atoms with Gasteiger partial charge in [-0.3, -0.25) is 10.1 Å². The van der Waals surface area contributed by atoms with Crippen LogP contribution >= 0.6 is 11.3 Å². The number of aryl methyl sites for hydroxylation is 1. The maximum absolute atomic E-state index is 12.1. The molecule has 7 nitrogen and oxygen atoms in total. The summed E-state index contributed by atoms with van der Waals surface area (Å²) in [4.78, 5) is 28.5. The summed E-state index contributed by atoms with van der Waals surface area (Å²) in [6.07, 6.45) is 3.14. The van der Waals surface area contributed by atoms with Crippen molar-refractivity contribution in [3.05, 3.63) is 21.1 Å². The van der Waals surface area contributed by atoms with E-state index in [0.717, 1.165) is 24.2 Å². The summed E-state index contributed by atoms with van der Waals surface area (Å²) < 4.78 is 1.62. The van der Waals surface area contributed by atoms with Gasteiger partial charge in [0.2, 0.25) is 4.80 Å². The van der Waals surface area contributed by atoms with Crippen molar-refractivity contribution < 1.29 is 9.72 Å². The van der Waals surface area contributed by atoms with E-state index in [1.165, 1.54) is 6.20 Å². The summed E-state index contributed by atoms with van der Waals surface area (Å²) in [6, 6.07) is -0.326. The van der Waals surface area contributed by atoms with Gasteiger partial charge in [-0.25, -0.2) is 4.79 Å². The van der Waals surface area contributed by atoms with Crippen LogP contribution in [-0.4, -0.2) is 33.5 Å². The zero-order valence-corrected chi connectivity index (χ0v) is 12.9. The molecular weight excluding hydrogens is 280 g/mol. The summed E-state index contributed by atoms with van der Waals surface area (Å²) >= 11 is 0.924. The van der Waals surface area contributed by atoms with Crippen molar-refractivity contribution >= 4 is 22.4 Å². The Hall–Kier alpha value is -1.70. The molecule has 0 fully saturated rings. The minimum Gasteiger partial charge on any atom is -0.323 e. The standard InChI is InChI=1S/C12H20N4O3S/c1-4-7-15(8-5-2)11(17)13-12-14(6-3)9-10(20-12)16(18)19/h9H,4-8H2,1-3H3/b13-12+. The summed E-state index contributed by atoms with van der Waals surface area (Å²) in [5, 5.41) is 10.8. The molecule has 20 heavy (non-hydrogen) atoms. The fraction of sp³-hybridized carbons (Fsp3) is 0.667. The first-order valence-electron chi connectivity index (χ1n) is 6.71. The van der Waals surface area contributed by atoms with Gasteiger partial charge in [0.15, 0.2) is 0 Å². The van der Waals surface area contributed by atoms with E-state index >= 15 is 0 Å². The molecule has 1 heterocycles. The normalized spacial score (nSPS) is 11.7. The van der Waals surface area contributed by atoms with Gasteiger partial charge in [-0.2, -0.15) is 4.99 Å². The van der Waals surface area contributed by atoms with Gasteiger partial charge in [0, 0.05) is 19.6 Å². The molecule has 0 unspecified atom stereocenters. The molecule has 0 saturated heterocycles. The van der Waals surface area contributed by atoms with Crippen LogP contribution in [0.2, 0.25) is 0 Å². The summed E-state index contributed by atoms with van der Waals surface area (Å²) in [6.45, 7) is 7.69. The maximum Gasteiger partial charge on any atom is 0.346 e. The lowest BCUT2D eigenvalue weighted by Gasteiger charge is -2.18. The highest BCUT2D eigenvalue weighted by Gasteiger charge is 2.15. The Labute approximate surface area is 121 Å². The predicted molar refractivity (Wildman–Crippen MR) is 77.8 cm³/mol. The van der Waals surface area contributed by atoms with Gasteiger partial charge in [0.25, 0.3) is 0 Å². The molecule has 0 aliphatic rings. The van der Waals surface area contributed by atoms with E-state index in [4.69, 9.17) is 0 Å². The van der Waals surface area contributed by atoms with Gasteiger partial charge >= 0.3 is 11.0 Å². The molecule has 112 valence electrons. The Morgan fingerprint density at radius 3 is 2.45 bits per heavy atom. The van der Waals surface area contributed by atoms with Crippen LogP contribution in [-0.2, 0) is 6.54 Å². The summed E-state index contributed by atoms with van der Waals surface area (Å²) in [7, 11) is 0. The molecule has 0 saturated carbocycles. The average molecular weight is 300 g/mol. The number of carbonyl (C=O) groups excluding carboxylic acids is 1. The lowest BCUT2D eigenvalue weighted by molar-refractivity contribution is -0.380. The SMILES string of the molecule is CCCN(CCC)C(=O)/N=c1/sc([N+](=O)[O-])cn1CC. The first-order valence-corrected chi connectivity index (χ1v) is 7.53. The number of amides is 2. The Kier molecular flexibility index (Phi) is 6.37. The third kappa shape index (κ3) is 4.16. The van der Waals surface area contributed by atoms with E-state index in [-0.39, 0.29) is 11.0 Å². The van der Waals surface area contributed by atoms with Crippen molar-refractivity contribution in [1.82, 2.24) is 9.47 Å². The van der Waals surface area contributed by atoms with Gasteiger partial charge in [-0.15, -0.1) is 0 Å². The van der Waals surface area contributed by atoms with Gasteiger partial charge in [-0.05, 0) is 31.1 Å². The number of nitrogens with zero attached hydrogens (tertiary/aromatic N) is 4. The molecule has 8 heteroatoms. The summed E-state index contributed by atoms with van der Waals surface area (Å²) in [5.74, 6) is 0. The molecule has 0 aromatic carbocycles. The number of thiazole rings is 1. The Morgan fingerprint density at radius 1 is 1.40 bits per heavy atom. The molecule has 1 aromatic heterocycles. The zero-order valence-electron chi connectivity index (χ0n) is 12.0. The van der Waals surface area contributed by atoms with E-state index in [0.29, 0.717) is 24.4 Å². The number of hydrogen-bond acceptors (Lipinski definition) is 4. The minimum atomic E-state index is -0.462. The van der Waals surface area contributed by atoms with E-state index in [9.17, 15) is 14.9 Å². The van der Waals surface area contributed by atoms with Crippen LogP contribution in [0.5, 0.6) is 0 Å². The molecule has 2 amide bonds. The van der Waals surface area contributed by atoms with Crippen LogP contribution < -0.4 is 4.80 Å².